The number of rotatable bonds is 5. The Morgan fingerprint density at radius 3 is 3.00 bits per heavy atom. The molecule has 1 aromatic heterocycles. The average molecular weight is 263 g/mol. The van der Waals surface area contributed by atoms with E-state index in [1.54, 1.807) is 13.2 Å². The van der Waals surface area contributed by atoms with Gasteiger partial charge < -0.3 is 15.0 Å². The van der Waals surface area contributed by atoms with E-state index in [9.17, 15) is 4.39 Å². The van der Waals surface area contributed by atoms with Gasteiger partial charge in [-0.3, -0.25) is 0 Å². The lowest BCUT2D eigenvalue weighted by Gasteiger charge is -2.13. The molecule has 4 nitrogen and oxygen atoms in total. The maximum atomic E-state index is 13.8. The largest absolute Gasteiger partial charge is 0.385 e. The van der Waals surface area contributed by atoms with E-state index in [-0.39, 0.29) is 11.9 Å². The monoisotopic (exact) mass is 263 g/mol. The van der Waals surface area contributed by atoms with E-state index in [1.807, 2.05) is 6.07 Å². The normalized spacial score (nSPS) is 17.0. The quantitative estimate of drug-likeness (QED) is 0.902. The first kappa shape index (κ1) is 12.6. The fourth-order valence-corrected chi connectivity index (χ4v) is 2.45. The lowest BCUT2D eigenvalue weighted by molar-refractivity contribution is 0.186. The van der Waals surface area contributed by atoms with Crippen LogP contribution in [0.1, 0.15) is 37.2 Å². The fraction of sp³-hybridized carbons (Fsp3) is 0.500. The molecule has 2 aromatic rings. The van der Waals surface area contributed by atoms with Crippen molar-refractivity contribution in [2.45, 2.75) is 31.3 Å². The fourth-order valence-electron chi connectivity index (χ4n) is 2.45. The maximum absolute atomic E-state index is 13.8. The van der Waals surface area contributed by atoms with Crippen molar-refractivity contribution in [3.63, 3.8) is 0 Å². The Balaban J connectivity index is 2.07. The van der Waals surface area contributed by atoms with Crippen molar-refractivity contribution in [3.05, 3.63) is 29.8 Å². The van der Waals surface area contributed by atoms with Gasteiger partial charge in [-0.1, -0.05) is 6.07 Å². The molecule has 0 bridgehead atoms. The molecule has 19 heavy (non-hydrogen) atoms. The highest BCUT2D eigenvalue weighted by Crippen LogP contribution is 2.40. The Hall–Kier alpha value is -1.46. The number of nitrogens with zero attached hydrogens (tertiary/aromatic N) is 2. The molecule has 102 valence electrons. The molecule has 0 spiro atoms. The van der Waals surface area contributed by atoms with E-state index in [0.29, 0.717) is 24.6 Å². The molecule has 1 aliphatic rings. The Morgan fingerprint density at radius 2 is 2.32 bits per heavy atom. The number of nitrogens with two attached hydrogens (primary N) is 1. The highest BCUT2D eigenvalue weighted by atomic mass is 19.1. The van der Waals surface area contributed by atoms with Gasteiger partial charge in [-0.05, 0) is 31.4 Å². The highest BCUT2D eigenvalue weighted by Gasteiger charge is 2.30. The van der Waals surface area contributed by atoms with E-state index in [1.165, 1.54) is 6.07 Å². The molecule has 0 amide bonds. The summed E-state index contributed by atoms with van der Waals surface area (Å²) in [5.74, 6) is 0.497. The number of para-hydroxylation sites is 1. The number of fused-ring (bicyclic) bond motifs is 1. The van der Waals surface area contributed by atoms with Crippen LogP contribution in [0.4, 0.5) is 4.39 Å². The van der Waals surface area contributed by atoms with Gasteiger partial charge in [0.15, 0.2) is 5.82 Å². The third-order valence-corrected chi connectivity index (χ3v) is 3.57. The third-order valence-electron chi connectivity index (χ3n) is 3.57. The molecule has 1 atom stereocenters. The topological polar surface area (TPSA) is 53.1 Å². The Morgan fingerprint density at radius 1 is 1.53 bits per heavy atom. The van der Waals surface area contributed by atoms with Crippen LogP contribution < -0.4 is 5.73 Å². The van der Waals surface area contributed by atoms with E-state index in [4.69, 9.17) is 10.5 Å². The molecule has 3 rings (SSSR count). The van der Waals surface area contributed by atoms with E-state index < -0.39 is 0 Å². The lowest BCUT2D eigenvalue weighted by Crippen LogP contribution is -2.18. The number of halogens is 1. The average Bonchev–Trinajstić information content (AvgIpc) is 3.16. The second kappa shape index (κ2) is 4.90. The number of imidazole rings is 1. The predicted octanol–water partition coefficient (Wildman–Crippen LogP) is 2.55. The number of aromatic nitrogens is 2. The van der Waals surface area contributed by atoms with E-state index in [2.05, 4.69) is 9.55 Å². The summed E-state index contributed by atoms with van der Waals surface area (Å²) in [7, 11) is 1.65. The zero-order valence-corrected chi connectivity index (χ0v) is 11.0. The van der Waals surface area contributed by atoms with Crippen LogP contribution in [0.2, 0.25) is 0 Å². The van der Waals surface area contributed by atoms with Crippen molar-refractivity contribution in [1.29, 1.82) is 0 Å². The smallest absolute Gasteiger partial charge is 0.151 e. The van der Waals surface area contributed by atoms with Crippen LogP contribution in [0.25, 0.3) is 11.0 Å². The van der Waals surface area contributed by atoms with Crippen LogP contribution in [0.5, 0.6) is 0 Å². The zero-order valence-electron chi connectivity index (χ0n) is 11.0. The second-order valence-electron chi connectivity index (χ2n) is 5.07. The summed E-state index contributed by atoms with van der Waals surface area (Å²) in [6.45, 7) is 0.581. The van der Waals surface area contributed by atoms with Crippen molar-refractivity contribution in [1.82, 2.24) is 9.55 Å². The summed E-state index contributed by atoms with van der Waals surface area (Å²) in [4.78, 5) is 4.43. The van der Waals surface area contributed by atoms with Crippen LogP contribution in [0.15, 0.2) is 18.2 Å². The van der Waals surface area contributed by atoms with Crippen molar-refractivity contribution >= 4 is 11.0 Å². The summed E-state index contributed by atoms with van der Waals surface area (Å²) in [6.07, 6.45) is 2.92. The van der Waals surface area contributed by atoms with Gasteiger partial charge in [-0.25, -0.2) is 9.37 Å². The number of hydrogen-bond donors (Lipinski definition) is 1. The Kier molecular flexibility index (Phi) is 3.24. The summed E-state index contributed by atoms with van der Waals surface area (Å²) in [6, 6.07) is 5.29. The van der Waals surface area contributed by atoms with Gasteiger partial charge in [0.05, 0.1) is 11.6 Å². The SMILES string of the molecule is COCCC(N)c1nc2c(F)cccc2n1C1CC1. The number of ether oxygens (including phenoxy) is 1. The van der Waals surface area contributed by atoms with Crippen molar-refractivity contribution in [3.8, 4) is 0 Å². The first-order chi connectivity index (χ1) is 9.22. The van der Waals surface area contributed by atoms with Gasteiger partial charge in [0.25, 0.3) is 0 Å². The second-order valence-corrected chi connectivity index (χ2v) is 5.07. The summed E-state index contributed by atoms with van der Waals surface area (Å²) in [5, 5.41) is 0. The van der Waals surface area contributed by atoms with Gasteiger partial charge in [-0.15, -0.1) is 0 Å². The van der Waals surface area contributed by atoms with E-state index >= 15 is 0 Å². The first-order valence-electron chi connectivity index (χ1n) is 6.63. The molecule has 0 radical (unpaired) electrons. The number of methoxy groups -OCH3 is 1. The summed E-state index contributed by atoms with van der Waals surface area (Å²) < 4.78 is 21.0. The Labute approximate surface area is 111 Å². The summed E-state index contributed by atoms with van der Waals surface area (Å²) >= 11 is 0. The van der Waals surface area contributed by atoms with Crippen molar-refractivity contribution in [2.24, 2.45) is 5.73 Å². The van der Waals surface area contributed by atoms with Crippen LogP contribution in [0, 0.1) is 5.82 Å². The molecule has 2 N–H and O–H groups in total. The molecule has 1 unspecified atom stereocenters. The predicted molar refractivity (Wildman–Crippen MR) is 71.4 cm³/mol. The lowest BCUT2D eigenvalue weighted by atomic mass is 10.2. The number of hydrogen-bond acceptors (Lipinski definition) is 3. The number of benzene rings is 1. The first-order valence-corrected chi connectivity index (χ1v) is 6.63. The standard InChI is InChI=1S/C14H18FN3O/c1-19-8-7-11(16)14-17-13-10(15)3-2-4-12(13)18(14)9-5-6-9/h2-4,9,11H,5-8,16H2,1H3. The molecule has 5 heteroatoms. The maximum Gasteiger partial charge on any atom is 0.151 e. The van der Waals surface area contributed by atoms with Crippen LogP contribution >= 0.6 is 0 Å². The van der Waals surface area contributed by atoms with Crippen molar-refractivity contribution < 1.29 is 9.13 Å². The molecule has 1 aromatic carbocycles. The summed E-state index contributed by atoms with van der Waals surface area (Å²) in [5.41, 5.74) is 7.46. The molecule has 1 aliphatic carbocycles. The zero-order chi connectivity index (χ0) is 13.4. The van der Waals surface area contributed by atoms with Gasteiger partial charge in [0.1, 0.15) is 11.3 Å². The minimum absolute atomic E-state index is 0.215. The van der Waals surface area contributed by atoms with Crippen LogP contribution in [-0.4, -0.2) is 23.3 Å². The van der Waals surface area contributed by atoms with Gasteiger partial charge in [0.2, 0.25) is 0 Å². The van der Waals surface area contributed by atoms with E-state index in [0.717, 1.165) is 24.2 Å². The minimum atomic E-state index is -0.280. The molecule has 1 heterocycles. The van der Waals surface area contributed by atoms with Crippen molar-refractivity contribution in [2.75, 3.05) is 13.7 Å². The van der Waals surface area contributed by atoms with Gasteiger partial charge in [0, 0.05) is 19.8 Å². The van der Waals surface area contributed by atoms with Crippen LogP contribution in [0.3, 0.4) is 0 Å². The Bertz CT molecular complexity index is 592. The van der Waals surface area contributed by atoms with Gasteiger partial charge >= 0.3 is 0 Å². The highest BCUT2D eigenvalue weighted by molar-refractivity contribution is 5.77. The molecule has 1 saturated carbocycles. The van der Waals surface area contributed by atoms with Gasteiger partial charge in [-0.2, -0.15) is 0 Å². The molecule has 0 aliphatic heterocycles. The minimum Gasteiger partial charge on any atom is -0.385 e. The third kappa shape index (κ3) is 2.24. The van der Waals surface area contributed by atoms with Crippen LogP contribution in [-0.2, 0) is 4.74 Å². The molecule has 0 saturated heterocycles. The molecular formula is C14H18FN3O. The molecule has 1 fully saturated rings. The molecular weight excluding hydrogens is 245 g/mol.